The summed E-state index contributed by atoms with van der Waals surface area (Å²) in [6.07, 6.45) is 4.79. The van der Waals surface area contributed by atoms with Crippen LogP contribution in [0.15, 0.2) is 0 Å². The maximum atomic E-state index is 9.96. The molecule has 0 amide bonds. The van der Waals surface area contributed by atoms with Crippen molar-refractivity contribution in [2.24, 2.45) is 11.5 Å². The molecule has 0 saturated carbocycles. The summed E-state index contributed by atoms with van der Waals surface area (Å²) in [6.45, 7) is 0. The Morgan fingerprint density at radius 2 is 1.21 bits per heavy atom. The Morgan fingerprint density at radius 3 is 1.37 bits per heavy atom. The van der Waals surface area contributed by atoms with Crippen molar-refractivity contribution >= 4 is 52.5 Å². The fourth-order valence-electron chi connectivity index (χ4n) is 0.725. The monoisotopic (exact) mass is 376 g/mol. The third-order valence-corrected chi connectivity index (χ3v) is 3.16. The van der Waals surface area contributed by atoms with Gasteiger partial charge < -0.3 is 31.3 Å². The van der Waals surface area contributed by atoms with Crippen LogP contribution in [0.3, 0.4) is 0 Å². The zero-order valence-corrected chi connectivity index (χ0v) is 14.3. The van der Waals surface area contributed by atoms with Crippen molar-refractivity contribution in [3.63, 3.8) is 0 Å². The van der Waals surface area contributed by atoms with Crippen LogP contribution in [0, 0.1) is 0 Å². The molecule has 0 aliphatic carbocycles. The Labute approximate surface area is 132 Å². The van der Waals surface area contributed by atoms with E-state index in [1.807, 2.05) is 12.5 Å². The summed E-state index contributed by atoms with van der Waals surface area (Å²) >= 11 is 3.15. The molecule has 4 radical (unpaired) electrons. The fraction of sp³-hybridized carbons (Fsp3) is 0.800. The molecule has 4 N–H and O–H groups in total. The molecule has 0 aromatic rings. The summed E-state index contributed by atoms with van der Waals surface area (Å²) in [5.41, 5.74) is 10.3. The number of carboxylic acid groups (broad SMARTS) is 2. The second kappa shape index (κ2) is 16.1. The molecule has 0 aliphatic heterocycles. The zero-order valence-electron chi connectivity index (χ0n) is 11.0. The van der Waals surface area contributed by atoms with Gasteiger partial charge in [0.2, 0.25) is 0 Å². The number of hydrogen-bond donors (Lipinski definition) is 2. The quantitative estimate of drug-likeness (QED) is 0.437. The SMILES string of the molecule is CSCC[C@H](N)C(=O)[O-].CSCC[C@H](N)C(=O)[O-].[Se+2]. The zero-order chi connectivity index (χ0) is 14.6. The molecule has 112 valence electrons. The molecule has 0 spiro atoms. The van der Waals surface area contributed by atoms with Gasteiger partial charge in [0, 0.05) is 12.1 Å². The number of carbonyl (C=O) groups excluding carboxylic acids is 2. The average molecular weight is 375 g/mol. The number of thioether (sulfide) groups is 2. The number of hydrogen-bond acceptors (Lipinski definition) is 8. The Hall–Kier alpha value is 0.0795. The third kappa shape index (κ3) is 18.1. The van der Waals surface area contributed by atoms with E-state index in [1.165, 1.54) is 0 Å². The van der Waals surface area contributed by atoms with E-state index in [2.05, 4.69) is 0 Å². The molecular formula is C10H20N2O4S2Se. The molecule has 2 atom stereocenters. The van der Waals surface area contributed by atoms with Crippen LogP contribution in [-0.2, 0) is 9.59 Å². The van der Waals surface area contributed by atoms with Crippen molar-refractivity contribution in [1.82, 2.24) is 0 Å². The van der Waals surface area contributed by atoms with Gasteiger partial charge in [-0.1, -0.05) is 0 Å². The summed E-state index contributed by atoms with van der Waals surface area (Å²) in [4.78, 5) is 19.9. The van der Waals surface area contributed by atoms with Gasteiger partial charge in [-0.2, -0.15) is 23.5 Å². The average Bonchev–Trinajstić information content (AvgIpc) is 2.33. The fourth-order valence-corrected chi connectivity index (χ4v) is 1.70. The van der Waals surface area contributed by atoms with Crippen LogP contribution < -0.4 is 21.7 Å². The normalized spacial score (nSPS) is 12.4. The van der Waals surface area contributed by atoms with E-state index < -0.39 is 24.0 Å². The van der Waals surface area contributed by atoms with Gasteiger partial charge in [0.25, 0.3) is 0 Å². The van der Waals surface area contributed by atoms with Gasteiger partial charge in [-0.15, -0.1) is 0 Å². The molecule has 0 heterocycles. The van der Waals surface area contributed by atoms with Crippen molar-refractivity contribution in [1.29, 1.82) is 0 Å². The molecule has 0 aromatic carbocycles. The summed E-state index contributed by atoms with van der Waals surface area (Å²) in [6, 6.07) is -1.59. The first-order valence-corrected chi connectivity index (χ1v) is 8.06. The van der Waals surface area contributed by atoms with Gasteiger partial charge in [0.05, 0.1) is 11.9 Å². The molecular weight excluding hydrogens is 355 g/mol. The Morgan fingerprint density at radius 1 is 0.947 bits per heavy atom. The minimum absolute atomic E-state index is 0. The van der Waals surface area contributed by atoms with Crippen molar-refractivity contribution in [2.75, 3.05) is 24.0 Å². The van der Waals surface area contributed by atoms with E-state index in [4.69, 9.17) is 11.5 Å². The molecule has 9 heteroatoms. The topological polar surface area (TPSA) is 132 Å². The minimum atomic E-state index is -1.16. The third-order valence-electron chi connectivity index (χ3n) is 1.87. The Bertz CT molecular complexity index is 224. The molecule has 0 unspecified atom stereocenters. The van der Waals surface area contributed by atoms with E-state index in [9.17, 15) is 19.8 Å². The van der Waals surface area contributed by atoms with Crippen molar-refractivity contribution < 1.29 is 19.8 Å². The Kier molecular flexibility index (Phi) is 20.5. The molecule has 0 aliphatic rings. The predicted octanol–water partition coefficient (Wildman–Crippen LogP) is -2.75. The summed E-state index contributed by atoms with van der Waals surface area (Å²) in [5, 5.41) is 19.9. The molecule has 0 aromatic heterocycles. The second-order valence-corrected chi connectivity index (χ2v) is 5.39. The number of carbonyl (C=O) groups is 2. The predicted molar refractivity (Wildman–Crippen MR) is 77.7 cm³/mol. The van der Waals surface area contributed by atoms with Crippen molar-refractivity contribution in [3.05, 3.63) is 0 Å². The summed E-state index contributed by atoms with van der Waals surface area (Å²) in [5.74, 6) is -0.780. The van der Waals surface area contributed by atoms with Gasteiger partial charge in [0.1, 0.15) is 0 Å². The maximum absolute atomic E-state index is 9.96. The van der Waals surface area contributed by atoms with Gasteiger partial charge in [-0.05, 0) is 36.9 Å². The smallest absolute Gasteiger partial charge is 0.548 e. The van der Waals surface area contributed by atoms with Crippen molar-refractivity contribution in [3.8, 4) is 0 Å². The van der Waals surface area contributed by atoms with Crippen LogP contribution in [0.25, 0.3) is 0 Å². The summed E-state index contributed by atoms with van der Waals surface area (Å²) < 4.78 is 0. The van der Waals surface area contributed by atoms with Gasteiger partial charge in [-0.25, -0.2) is 0 Å². The van der Waals surface area contributed by atoms with Crippen molar-refractivity contribution in [2.45, 2.75) is 24.9 Å². The van der Waals surface area contributed by atoms with E-state index in [0.29, 0.717) is 12.8 Å². The standard InChI is InChI=1S/2C5H11NO2S.Se/c2*1-9-3-2-4(6)5(7)8;/h2*4H,2-3,6H2,1H3,(H,7,8);/q;;+2/p-2/t2*4-;/m00./s1. The van der Waals surface area contributed by atoms with Gasteiger partial charge in [0.15, 0.2) is 0 Å². The maximum Gasteiger partial charge on any atom is 2.00 e. The van der Waals surface area contributed by atoms with Crippen LogP contribution in [0.2, 0.25) is 0 Å². The van der Waals surface area contributed by atoms with E-state index in [1.54, 1.807) is 23.5 Å². The first-order chi connectivity index (χ1) is 8.36. The minimum Gasteiger partial charge on any atom is -0.548 e. The second-order valence-electron chi connectivity index (χ2n) is 3.41. The summed E-state index contributed by atoms with van der Waals surface area (Å²) in [7, 11) is 0. The van der Waals surface area contributed by atoms with E-state index in [-0.39, 0.29) is 17.1 Å². The van der Waals surface area contributed by atoms with Gasteiger partial charge >= 0.3 is 17.1 Å². The molecule has 19 heavy (non-hydrogen) atoms. The number of rotatable bonds is 8. The van der Waals surface area contributed by atoms with Crippen LogP contribution in [0.5, 0.6) is 0 Å². The number of carboxylic acids is 2. The molecule has 0 rings (SSSR count). The molecule has 6 nitrogen and oxygen atoms in total. The molecule has 0 bridgehead atoms. The van der Waals surface area contributed by atoms with Crippen LogP contribution in [0.4, 0.5) is 0 Å². The Balaban J connectivity index is -0.000000256. The largest absolute Gasteiger partial charge is 2.00 e. The van der Waals surface area contributed by atoms with Gasteiger partial charge in [-0.3, -0.25) is 0 Å². The first-order valence-electron chi connectivity index (χ1n) is 5.27. The van der Waals surface area contributed by atoms with Crippen LogP contribution in [-0.4, -0.2) is 65.1 Å². The van der Waals surface area contributed by atoms with E-state index >= 15 is 0 Å². The molecule has 0 fully saturated rings. The number of nitrogens with two attached hydrogens (primary N) is 2. The number of aliphatic carboxylic acids is 2. The van der Waals surface area contributed by atoms with Crippen LogP contribution >= 0.6 is 23.5 Å². The molecule has 0 saturated heterocycles. The van der Waals surface area contributed by atoms with E-state index in [0.717, 1.165) is 11.5 Å². The first kappa shape index (κ1) is 24.1. The van der Waals surface area contributed by atoms with Crippen LogP contribution in [0.1, 0.15) is 12.8 Å².